The molecular weight excluding hydrogens is 302 g/mol. The van der Waals surface area contributed by atoms with Crippen LogP contribution in [0.3, 0.4) is 0 Å². The Morgan fingerprint density at radius 2 is 2.00 bits per heavy atom. The van der Waals surface area contributed by atoms with Gasteiger partial charge in [-0.05, 0) is 26.8 Å². The molecule has 0 spiro atoms. The van der Waals surface area contributed by atoms with Gasteiger partial charge in [-0.15, -0.1) is 0 Å². The zero-order valence-corrected chi connectivity index (χ0v) is 14.0. The molecule has 1 aromatic rings. The first kappa shape index (κ1) is 16.6. The molecule has 1 aliphatic rings. The van der Waals surface area contributed by atoms with Gasteiger partial charge in [0.2, 0.25) is 0 Å². The van der Waals surface area contributed by atoms with Crippen molar-refractivity contribution in [2.45, 2.75) is 39.7 Å². The quantitative estimate of drug-likeness (QED) is 0.850. The number of amides is 1. The first-order valence-electron chi connectivity index (χ1n) is 7.24. The zero-order chi connectivity index (χ0) is 16.5. The molecule has 0 unspecified atom stereocenters. The SMILES string of the molecule is CCC(=O)C(C)(C)N1COC(C)=C(c2ccccc2Cl)C1=O. The van der Waals surface area contributed by atoms with E-state index in [-0.39, 0.29) is 18.4 Å². The second-order valence-electron chi connectivity index (χ2n) is 5.75. The van der Waals surface area contributed by atoms with E-state index in [2.05, 4.69) is 0 Å². The van der Waals surface area contributed by atoms with E-state index < -0.39 is 5.54 Å². The highest BCUT2D eigenvalue weighted by Gasteiger charge is 2.41. The Morgan fingerprint density at radius 3 is 2.59 bits per heavy atom. The number of benzene rings is 1. The number of ketones is 1. The standard InChI is InChI=1S/C17H20ClNO3/c1-5-14(20)17(3,4)19-10-22-11(2)15(16(19)21)12-8-6-7-9-13(12)18/h6-9H,5,10H2,1-4H3. The number of allylic oxidation sites excluding steroid dienone is 1. The van der Waals surface area contributed by atoms with Gasteiger partial charge in [-0.2, -0.15) is 0 Å². The van der Waals surface area contributed by atoms with Crippen molar-refractivity contribution in [2.24, 2.45) is 0 Å². The molecule has 0 N–H and O–H groups in total. The second kappa shape index (κ2) is 6.13. The maximum Gasteiger partial charge on any atom is 0.261 e. The summed E-state index contributed by atoms with van der Waals surface area (Å²) in [4.78, 5) is 26.6. The number of carbonyl (C=O) groups is 2. The molecule has 0 saturated heterocycles. The fourth-order valence-electron chi connectivity index (χ4n) is 2.54. The van der Waals surface area contributed by atoms with Crippen molar-refractivity contribution in [2.75, 3.05) is 6.73 Å². The van der Waals surface area contributed by atoms with E-state index in [9.17, 15) is 9.59 Å². The maximum atomic E-state index is 12.9. The lowest BCUT2D eigenvalue weighted by molar-refractivity contribution is -0.148. The van der Waals surface area contributed by atoms with Crippen molar-refractivity contribution >= 4 is 28.9 Å². The van der Waals surface area contributed by atoms with Crippen LogP contribution < -0.4 is 0 Å². The smallest absolute Gasteiger partial charge is 0.261 e. The van der Waals surface area contributed by atoms with Gasteiger partial charge in [0.05, 0.1) is 11.1 Å². The van der Waals surface area contributed by atoms with Crippen LogP contribution in [-0.4, -0.2) is 28.9 Å². The summed E-state index contributed by atoms with van der Waals surface area (Å²) in [6, 6.07) is 7.13. The highest BCUT2D eigenvalue weighted by Crippen LogP contribution is 2.34. The number of nitrogens with zero attached hydrogens (tertiary/aromatic N) is 1. The predicted molar refractivity (Wildman–Crippen MR) is 86.2 cm³/mol. The number of hydrogen-bond acceptors (Lipinski definition) is 3. The Labute approximate surface area is 135 Å². The van der Waals surface area contributed by atoms with Crippen molar-refractivity contribution in [3.63, 3.8) is 0 Å². The summed E-state index contributed by atoms with van der Waals surface area (Å²) in [6.07, 6.45) is 0.362. The molecule has 22 heavy (non-hydrogen) atoms. The Bertz CT molecular complexity index is 649. The van der Waals surface area contributed by atoms with Gasteiger partial charge in [0.25, 0.3) is 5.91 Å². The van der Waals surface area contributed by atoms with Crippen molar-refractivity contribution in [1.29, 1.82) is 0 Å². The minimum Gasteiger partial charge on any atom is -0.477 e. The monoisotopic (exact) mass is 321 g/mol. The lowest BCUT2D eigenvalue weighted by Crippen LogP contribution is -2.55. The number of carbonyl (C=O) groups excluding carboxylic acids is 2. The average Bonchev–Trinajstić information content (AvgIpc) is 2.48. The van der Waals surface area contributed by atoms with E-state index >= 15 is 0 Å². The number of Topliss-reactive ketones (excluding diaryl/α,β-unsaturated/α-hetero) is 1. The molecule has 2 rings (SSSR count). The predicted octanol–water partition coefficient (Wildman–Crippen LogP) is 3.65. The maximum absolute atomic E-state index is 12.9. The summed E-state index contributed by atoms with van der Waals surface area (Å²) in [6.45, 7) is 7.07. The molecule has 0 atom stereocenters. The van der Waals surface area contributed by atoms with Gasteiger partial charge in [-0.25, -0.2) is 0 Å². The highest BCUT2D eigenvalue weighted by molar-refractivity contribution is 6.35. The first-order chi connectivity index (χ1) is 10.3. The molecule has 1 heterocycles. The van der Waals surface area contributed by atoms with Crippen LogP contribution in [0.4, 0.5) is 0 Å². The molecule has 1 amide bonds. The normalized spacial score (nSPS) is 15.9. The van der Waals surface area contributed by atoms with Crippen molar-refractivity contribution < 1.29 is 14.3 Å². The van der Waals surface area contributed by atoms with Gasteiger partial charge in [0.1, 0.15) is 5.76 Å². The molecule has 1 aliphatic heterocycles. The first-order valence-corrected chi connectivity index (χ1v) is 7.62. The van der Waals surface area contributed by atoms with Gasteiger partial charge in [0, 0.05) is 17.0 Å². The number of rotatable bonds is 4. The summed E-state index contributed by atoms with van der Waals surface area (Å²) < 4.78 is 5.64. The Morgan fingerprint density at radius 1 is 1.36 bits per heavy atom. The molecule has 1 aromatic carbocycles. The molecular formula is C17H20ClNO3. The molecule has 4 nitrogen and oxygen atoms in total. The van der Waals surface area contributed by atoms with E-state index in [1.54, 1.807) is 45.9 Å². The van der Waals surface area contributed by atoms with Gasteiger partial charge >= 0.3 is 0 Å². The number of ether oxygens (including phenoxy) is 1. The molecule has 5 heteroatoms. The molecule has 0 aliphatic carbocycles. The highest BCUT2D eigenvalue weighted by atomic mass is 35.5. The number of hydrogen-bond donors (Lipinski definition) is 0. The van der Waals surface area contributed by atoms with E-state index in [0.29, 0.717) is 28.3 Å². The molecule has 0 saturated carbocycles. The van der Waals surface area contributed by atoms with Crippen LogP contribution in [0.1, 0.15) is 39.7 Å². The topological polar surface area (TPSA) is 46.6 Å². The number of halogens is 1. The third-order valence-corrected chi connectivity index (χ3v) is 4.37. The van der Waals surface area contributed by atoms with Crippen LogP contribution in [0.5, 0.6) is 0 Å². The van der Waals surface area contributed by atoms with E-state index in [4.69, 9.17) is 16.3 Å². The van der Waals surface area contributed by atoms with E-state index in [0.717, 1.165) is 0 Å². The summed E-state index contributed by atoms with van der Waals surface area (Å²) in [5, 5.41) is 0.482. The minimum absolute atomic E-state index is 0.0116. The van der Waals surface area contributed by atoms with Crippen molar-refractivity contribution in [3.8, 4) is 0 Å². The largest absolute Gasteiger partial charge is 0.477 e. The van der Waals surface area contributed by atoms with Crippen molar-refractivity contribution in [3.05, 3.63) is 40.6 Å². The molecule has 0 aromatic heterocycles. The van der Waals surface area contributed by atoms with Crippen LogP contribution in [0.2, 0.25) is 5.02 Å². The Balaban J connectivity index is 2.47. The summed E-state index contributed by atoms with van der Waals surface area (Å²) in [7, 11) is 0. The zero-order valence-electron chi connectivity index (χ0n) is 13.3. The molecule has 0 bridgehead atoms. The van der Waals surface area contributed by atoms with Crippen LogP contribution in [0.15, 0.2) is 30.0 Å². The lowest BCUT2D eigenvalue weighted by Gasteiger charge is -2.40. The molecule has 118 valence electrons. The third kappa shape index (κ3) is 2.75. The van der Waals surface area contributed by atoms with Gasteiger partial charge in [-0.3, -0.25) is 14.5 Å². The fourth-order valence-corrected chi connectivity index (χ4v) is 2.78. The van der Waals surface area contributed by atoms with Crippen LogP contribution in [-0.2, 0) is 14.3 Å². The fraction of sp³-hybridized carbons (Fsp3) is 0.412. The molecule has 0 radical (unpaired) electrons. The van der Waals surface area contributed by atoms with Crippen LogP contribution >= 0.6 is 11.6 Å². The van der Waals surface area contributed by atoms with Gasteiger partial charge in [0.15, 0.2) is 12.5 Å². The Kier molecular flexibility index (Phi) is 4.61. The average molecular weight is 322 g/mol. The van der Waals surface area contributed by atoms with Gasteiger partial charge in [-0.1, -0.05) is 36.7 Å². The third-order valence-electron chi connectivity index (χ3n) is 4.04. The van der Waals surface area contributed by atoms with Crippen LogP contribution in [0, 0.1) is 0 Å². The minimum atomic E-state index is -0.918. The van der Waals surface area contributed by atoms with Gasteiger partial charge < -0.3 is 4.74 Å². The summed E-state index contributed by atoms with van der Waals surface area (Å²) in [5.74, 6) is 0.278. The summed E-state index contributed by atoms with van der Waals surface area (Å²) >= 11 is 6.21. The Hall–Kier alpha value is -1.81. The van der Waals surface area contributed by atoms with Crippen molar-refractivity contribution in [1.82, 2.24) is 4.90 Å². The second-order valence-corrected chi connectivity index (χ2v) is 6.16. The van der Waals surface area contributed by atoms with E-state index in [1.165, 1.54) is 4.90 Å². The van der Waals surface area contributed by atoms with E-state index in [1.807, 2.05) is 6.07 Å². The lowest BCUT2D eigenvalue weighted by atomic mass is 9.92. The van der Waals surface area contributed by atoms with Crippen LogP contribution in [0.25, 0.3) is 5.57 Å². The molecule has 0 fully saturated rings. The summed E-state index contributed by atoms with van der Waals surface area (Å²) in [5.41, 5.74) is 0.115.